The molecule has 5 nitrogen and oxygen atoms in total. The first-order chi connectivity index (χ1) is 10.1. The molecule has 0 spiro atoms. The summed E-state index contributed by atoms with van der Waals surface area (Å²) in [6.45, 7) is 8.00. The Labute approximate surface area is 126 Å². The van der Waals surface area contributed by atoms with Crippen LogP contribution in [0.4, 0.5) is 5.82 Å². The van der Waals surface area contributed by atoms with E-state index in [2.05, 4.69) is 21.3 Å². The third kappa shape index (κ3) is 4.16. The Morgan fingerprint density at radius 1 is 1.43 bits per heavy atom. The first-order valence-electron chi connectivity index (χ1n) is 7.59. The highest BCUT2D eigenvalue weighted by Crippen LogP contribution is 2.18. The van der Waals surface area contributed by atoms with Crippen molar-refractivity contribution in [3.05, 3.63) is 22.9 Å². The molecule has 0 aliphatic carbocycles. The number of rotatable bonds is 5. The lowest BCUT2D eigenvalue weighted by atomic mass is 9.98. The van der Waals surface area contributed by atoms with Crippen molar-refractivity contribution in [1.82, 2.24) is 9.88 Å². The number of pyridine rings is 1. The summed E-state index contributed by atoms with van der Waals surface area (Å²) in [6, 6.07) is 4.16. The van der Waals surface area contributed by atoms with Crippen LogP contribution in [-0.4, -0.2) is 47.8 Å². The van der Waals surface area contributed by atoms with Crippen molar-refractivity contribution in [2.45, 2.75) is 26.7 Å². The summed E-state index contributed by atoms with van der Waals surface area (Å²) in [5.41, 5.74) is 2.54. The van der Waals surface area contributed by atoms with Crippen molar-refractivity contribution in [3.8, 4) is 6.07 Å². The van der Waals surface area contributed by atoms with Gasteiger partial charge in [0.2, 0.25) is 0 Å². The number of nitriles is 1. The molecule has 0 amide bonds. The van der Waals surface area contributed by atoms with Crippen LogP contribution in [0.3, 0.4) is 0 Å². The molecular formula is C16H24N4O. The number of anilines is 1. The van der Waals surface area contributed by atoms with Gasteiger partial charge in [-0.25, -0.2) is 4.98 Å². The van der Waals surface area contributed by atoms with Gasteiger partial charge in [0.15, 0.2) is 0 Å². The Bertz CT molecular complexity index is 516. The third-order valence-electron chi connectivity index (χ3n) is 4.14. The quantitative estimate of drug-likeness (QED) is 0.862. The first kappa shape index (κ1) is 15.7. The molecule has 1 aliphatic rings. The number of hydrogen-bond acceptors (Lipinski definition) is 5. The predicted octanol–water partition coefficient (Wildman–Crippen LogP) is 1.69. The fraction of sp³-hybridized carbons (Fsp3) is 0.625. The van der Waals surface area contributed by atoms with Crippen LogP contribution in [0.15, 0.2) is 6.07 Å². The Morgan fingerprint density at radius 3 is 2.76 bits per heavy atom. The van der Waals surface area contributed by atoms with E-state index in [4.69, 9.17) is 5.11 Å². The predicted molar refractivity (Wildman–Crippen MR) is 83.2 cm³/mol. The standard InChI is InChI=1S/C16H24N4O/c1-12-9-13(2)19-16(15(12)10-17)18-5-8-20-6-3-14(11-21)4-7-20/h9,14,21H,3-8,11H2,1-2H3,(H,18,19). The van der Waals surface area contributed by atoms with Gasteiger partial charge >= 0.3 is 0 Å². The topological polar surface area (TPSA) is 72.2 Å². The summed E-state index contributed by atoms with van der Waals surface area (Å²) in [5, 5.41) is 21.7. The number of aliphatic hydroxyl groups excluding tert-OH is 1. The number of aromatic nitrogens is 1. The minimum absolute atomic E-state index is 0.310. The minimum atomic E-state index is 0.310. The molecule has 0 unspecified atom stereocenters. The highest BCUT2D eigenvalue weighted by atomic mass is 16.3. The molecule has 2 rings (SSSR count). The fourth-order valence-electron chi connectivity index (χ4n) is 2.83. The summed E-state index contributed by atoms with van der Waals surface area (Å²) >= 11 is 0. The van der Waals surface area contributed by atoms with Crippen molar-refractivity contribution in [2.75, 3.05) is 38.1 Å². The van der Waals surface area contributed by atoms with Crippen molar-refractivity contribution in [1.29, 1.82) is 5.26 Å². The average Bonchev–Trinajstić information content (AvgIpc) is 2.47. The summed E-state index contributed by atoms with van der Waals surface area (Å²) in [7, 11) is 0. The number of nitrogens with zero attached hydrogens (tertiary/aromatic N) is 3. The summed E-state index contributed by atoms with van der Waals surface area (Å²) in [5.74, 6) is 1.17. The van der Waals surface area contributed by atoms with Gasteiger partial charge in [0.05, 0.1) is 5.56 Å². The van der Waals surface area contributed by atoms with Gasteiger partial charge in [-0.05, 0) is 57.3 Å². The van der Waals surface area contributed by atoms with Crippen molar-refractivity contribution in [2.24, 2.45) is 5.92 Å². The summed E-state index contributed by atoms with van der Waals surface area (Å²) in [6.07, 6.45) is 2.14. The highest BCUT2D eigenvalue weighted by molar-refractivity contribution is 5.56. The van der Waals surface area contributed by atoms with E-state index in [0.717, 1.165) is 50.3 Å². The van der Waals surface area contributed by atoms with Crippen molar-refractivity contribution in [3.63, 3.8) is 0 Å². The lowest BCUT2D eigenvalue weighted by molar-refractivity contribution is 0.134. The van der Waals surface area contributed by atoms with Crippen LogP contribution in [-0.2, 0) is 0 Å². The first-order valence-corrected chi connectivity index (χ1v) is 7.59. The monoisotopic (exact) mass is 288 g/mol. The number of piperidine rings is 1. The molecule has 2 heterocycles. The Kier molecular flexibility index (Phi) is 5.54. The molecule has 0 bridgehead atoms. The second-order valence-electron chi connectivity index (χ2n) is 5.81. The van der Waals surface area contributed by atoms with Crippen LogP contribution < -0.4 is 5.32 Å². The maximum Gasteiger partial charge on any atom is 0.144 e. The molecule has 1 aromatic rings. The van der Waals surface area contributed by atoms with E-state index < -0.39 is 0 Å². The maximum absolute atomic E-state index is 9.23. The van der Waals surface area contributed by atoms with Gasteiger partial charge in [0.1, 0.15) is 11.9 Å². The smallest absolute Gasteiger partial charge is 0.144 e. The Hall–Kier alpha value is -1.64. The molecule has 1 aliphatic heterocycles. The number of aryl methyl sites for hydroxylation is 2. The second kappa shape index (κ2) is 7.39. The number of likely N-dealkylation sites (tertiary alicyclic amines) is 1. The molecule has 1 fully saturated rings. The van der Waals surface area contributed by atoms with Crippen molar-refractivity contribution < 1.29 is 5.11 Å². The van der Waals surface area contributed by atoms with E-state index in [1.165, 1.54) is 0 Å². The molecule has 0 aromatic carbocycles. The van der Waals surface area contributed by atoms with E-state index in [1.807, 2.05) is 19.9 Å². The third-order valence-corrected chi connectivity index (χ3v) is 4.14. The van der Waals surface area contributed by atoms with Gasteiger partial charge in [0, 0.05) is 25.4 Å². The molecule has 0 radical (unpaired) electrons. The van der Waals surface area contributed by atoms with Gasteiger partial charge < -0.3 is 15.3 Å². The van der Waals surface area contributed by atoms with Gasteiger partial charge in [-0.3, -0.25) is 0 Å². The van der Waals surface area contributed by atoms with E-state index in [9.17, 15) is 5.26 Å². The van der Waals surface area contributed by atoms with Crippen LogP contribution >= 0.6 is 0 Å². The Balaban J connectivity index is 1.86. The fourth-order valence-corrected chi connectivity index (χ4v) is 2.83. The van der Waals surface area contributed by atoms with Crippen LogP contribution in [0, 0.1) is 31.1 Å². The lowest BCUT2D eigenvalue weighted by Crippen LogP contribution is -2.37. The number of nitrogens with one attached hydrogen (secondary N) is 1. The largest absolute Gasteiger partial charge is 0.396 e. The second-order valence-corrected chi connectivity index (χ2v) is 5.81. The maximum atomic E-state index is 9.23. The SMILES string of the molecule is Cc1cc(C)c(C#N)c(NCCN2CCC(CO)CC2)n1. The lowest BCUT2D eigenvalue weighted by Gasteiger charge is -2.31. The zero-order valence-electron chi connectivity index (χ0n) is 12.9. The van der Waals surface area contributed by atoms with Crippen LogP contribution in [0.25, 0.3) is 0 Å². The zero-order chi connectivity index (χ0) is 15.2. The van der Waals surface area contributed by atoms with Crippen LogP contribution in [0.5, 0.6) is 0 Å². The molecule has 2 N–H and O–H groups in total. The van der Waals surface area contributed by atoms with E-state index in [-0.39, 0.29) is 0 Å². The molecule has 5 heteroatoms. The van der Waals surface area contributed by atoms with Crippen LogP contribution in [0.2, 0.25) is 0 Å². The molecule has 1 aromatic heterocycles. The van der Waals surface area contributed by atoms with Crippen LogP contribution in [0.1, 0.15) is 29.7 Å². The highest BCUT2D eigenvalue weighted by Gasteiger charge is 2.18. The minimum Gasteiger partial charge on any atom is -0.396 e. The number of hydrogen-bond donors (Lipinski definition) is 2. The average molecular weight is 288 g/mol. The van der Waals surface area contributed by atoms with E-state index in [1.54, 1.807) is 0 Å². The van der Waals surface area contributed by atoms with Gasteiger partial charge in [-0.15, -0.1) is 0 Å². The molecule has 21 heavy (non-hydrogen) atoms. The normalized spacial score (nSPS) is 16.7. The molecule has 1 saturated heterocycles. The van der Waals surface area contributed by atoms with E-state index >= 15 is 0 Å². The Morgan fingerprint density at radius 2 is 2.14 bits per heavy atom. The zero-order valence-corrected chi connectivity index (χ0v) is 12.9. The summed E-state index contributed by atoms with van der Waals surface area (Å²) in [4.78, 5) is 6.82. The van der Waals surface area contributed by atoms with E-state index in [0.29, 0.717) is 23.9 Å². The molecule has 114 valence electrons. The van der Waals surface area contributed by atoms with Gasteiger partial charge in [-0.1, -0.05) is 0 Å². The number of aliphatic hydroxyl groups is 1. The van der Waals surface area contributed by atoms with Crippen molar-refractivity contribution >= 4 is 5.82 Å². The van der Waals surface area contributed by atoms with Gasteiger partial charge in [0.25, 0.3) is 0 Å². The van der Waals surface area contributed by atoms with Gasteiger partial charge in [-0.2, -0.15) is 5.26 Å². The summed E-state index contributed by atoms with van der Waals surface area (Å²) < 4.78 is 0. The molecule has 0 saturated carbocycles. The molecule has 0 atom stereocenters. The molecular weight excluding hydrogens is 264 g/mol.